The van der Waals surface area contributed by atoms with Crippen molar-refractivity contribution in [1.82, 2.24) is 24.7 Å². The van der Waals surface area contributed by atoms with E-state index in [1.54, 1.807) is 6.20 Å². The molecule has 0 aliphatic carbocycles. The Morgan fingerprint density at radius 3 is 2.62 bits per heavy atom. The molecule has 114 valence electrons. The normalized spacial score (nSPS) is 10.7. The van der Waals surface area contributed by atoms with Gasteiger partial charge in [-0.2, -0.15) is 20.1 Å². The zero-order valence-electron chi connectivity index (χ0n) is 13.2. The van der Waals surface area contributed by atoms with Crippen molar-refractivity contribution in [3.05, 3.63) is 12.4 Å². The van der Waals surface area contributed by atoms with Crippen molar-refractivity contribution < 1.29 is 0 Å². The largest absolute Gasteiger partial charge is 0.354 e. The van der Waals surface area contributed by atoms with Crippen molar-refractivity contribution in [2.75, 3.05) is 30.9 Å². The van der Waals surface area contributed by atoms with Crippen LogP contribution in [0.1, 0.15) is 26.7 Å². The second-order valence-corrected chi connectivity index (χ2v) is 5.10. The van der Waals surface area contributed by atoms with E-state index < -0.39 is 0 Å². The van der Waals surface area contributed by atoms with Crippen LogP contribution in [0, 0.1) is 0 Å². The molecule has 0 unspecified atom stereocenters. The van der Waals surface area contributed by atoms with Gasteiger partial charge in [0.1, 0.15) is 0 Å². The minimum Gasteiger partial charge on any atom is -0.354 e. The van der Waals surface area contributed by atoms with E-state index in [1.807, 2.05) is 29.9 Å². The first-order valence-electron chi connectivity index (χ1n) is 7.34. The first-order valence-corrected chi connectivity index (χ1v) is 7.34. The maximum atomic E-state index is 4.50. The van der Waals surface area contributed by atoms with Crippen LogP contribution in [0.25, 0.3) is 11.4 Å². The third-order valence-corrected chi connectivity index (χ3v) is 2.90. The minimum absolute atomic E-state index is 0.605. The highest BCUT2D eigenvalue weighted by Gasteiger charge is 2.11. The molecule has 21 heavy (non-hydrogen) atoms. The predicted octanol–water partition coefficient (Wildman–Crippen LogP) is 2.03. The van der Waals surface area contributed by atoms with Gasteiger partial charge in [-0.15, -0.1) is 0 Å². The number of nitrogens with one attached hydrogen (secondary N) is 1. The topological polar surface area (TPSA) is 71.8 Å². The van der Waals surface area contributed by atoms with Crippen LogP contribution >= 0.6 is 0 Å². The van der Waals surface area contributed by atoms with Gasteiger partial charge in [0.2, 0.25) is 11.9 Å². The summed E-state index contributed by atoms with van der Waals surface area (Å²) in [6.45, 7) is 5.97. The van der Waals surface area contributed by atoms with Crippen LogP contribution in [0.2, 0.25) is 0 Å². The second-order valence-electron chi connectivity index (χ2n) is 5.10. The lowest BCUT2D eigenvalue weighted by molar-refractivity contribution is 0.603. The number of rotatable bonds is 7. The Bertz CT molecular complexity index is 576. The zero-order valence-corrected chi connectivity index (χ0v) is 13.2. The summed E-state index contributed by atoms with van der Waals surface area (Å²) in [4.78, 5) is 15.3. The number of nitrogens with zero attached hydrogens (tertiary/aromatic N) is 6. The molecule has 7 nitrogen and oxygen atoms in total. The summed E-state index contributed by atoms with van der Waals surface area (Å²) in [5.74, 6) is 1.89. The van der Waals surface area contributed by atoms with E-state index in [1.165, 1.54) is 0 Å². The van der Waals surface area contributed by atoms with E-state index in [4.69, 9.17) is 0 Å². The highest BCUT2D eigenvalue weighted by Crippen LogP contribution is 2.18. The predicted molar refractivity (Wildman–Crippen MR) is 84.4 cm³/mol. The van der Waals surface area contributed by atoms with E-state index in [0.717, 1.165) is 31.5 Å². The van der Waals surface area contributed by atoms with Crippen molar-refractivity contribution in [1.29, 1.82) is 0 Å². The third-order valence-electron chi connectivity index (χ3n) is 2.90. The van der Waals surface area contributed by atoms with Crippen LogP contribution in [0.4, 0.5) is 11.9 Å². The van der Waals surface area contributed by atoms with E-state index in [2.05, 4.69) is 39.2 Å². The summed E-state index contributed by atoms with van der Waals surface area (Å²) in [5, 5.41) is 7.55. The highest BCUT2D eigenvalue weighted by molar-refractivity contribution is 5.56. The molecule has 0 fully saturated rings. The Morgan fingerprint density at radius 2 is 1.95 bits per heavy atom. The van der Waals surface area contributed by atoms with E-state index >= 15 is 0 Å². The molecular formula is C14H23N7. The van der Waals surface area contributed by atoms with Gasteiger partial charge in [0.05, 0.1) is 11.8 Å². The standard InChI is InChI=1S/C14H23N7/c1-5-7-15-13-17-12(18-14(19-13)20(3)4)11-9-16-21(10-11)8-6-2/h9-10H,5-8H2,1-4H3,(H,15,17,18,19). The van der Waals surface area contributed by atoms with Gasteiger partial charge < -0.3 is 10.2 Å². The number of hydrogen-bond donors (Lipinski definition) is 1. The van der Waals surface area contributed by atoms with E-state index in [9.17, 15) is 0 Å². The first-order chi connectivity index (χ1) is 10.1. The SMILES string of the molecule is CCCNc1nc(-c2cnn(CCC)c2)nc(N(C)C)n1. The smallest absolute Gasteiger partial charge is 0.230 e. The molecule has 2 rings (SSSR count). The second kappa shape index (κ2) is 7.01. The molecule has 0 radical (unpaired) electrons. The van der Waals surface area contributed by atoms with Gasteiger partial charge in [0, 0.05) is 33.4 Å². The summed E-state index contributed by atoms with van der Waals surface area (Å²) in [7, 11) is 3.84. The Labute approximate surface area is 125 Å². The lowest BCUT2D eigenvalue weighted by Gasteiger charge is -2.12. The molecule has 0 saturated heterocycles. The molecule has 0 aromatic carbocycles. The molecule has 0 spiro atoms. The number of anilines is 2. The van der Waals surface area contributed by atoms with Gasteiger partial charge in [0.25, 0.3) is 0 Å². The van der Waals surface area contributed by atoms with Gasteiger partial charge in [0.15, 0.2) is 5.82 Å². The molecule has 0 amide bonds. The zero-order chi connectivity index (χ0) is 15.2. The lowest BCUT2D eigenvalue weighted by Crippen LogP contribution is -2.16. The molecule has 0 aliphatic rings. The first kappa shape index (κ1) is 15.2. The van der Waals surface area contributed by atoms with Crippen LogP contribution in [0.5, 0.6) is 0 Å². The number of hydrogen-bond acceptors (Lipinski definition) is 6. The molecule has 7 heteroatoms. The van der Waals surface area contributed by atoms with Crippen LogP contribution in [-0.2, 0) is 6.54 Å². The summed E-state index contributed by atoms with van der Waals surface area (Å²) < 4.78 is 1.91. The Kier molecular flexibility index (Phi) is 5.08. The summed E-state index contributed by atoms with van der Waals surface area (Å²) in [6.07, 6.45) is 5.84. The maximum absolute atomic E-state index is 4.50. The lowest BCUT2D eigenvalue weighted by atomic mass is 10.3. The van der Waals surface area contributed by atoms with Crippen molar-refractivity contribution >= 4 is 11.9 Å². The Hall–Kier alpha value is -2.18. The van der Waals surface area contributed by atoms with Crippen LogP contribution < -0.4 is 10.2 Å². The summed E-state index contributed by atoms with van der Waals surface area (Å²) in [6, 6.07) is 0. The summed E-state index contributed by atoms with van der Waals surface area (Å²) >= 11 is 0. The summed E-state index contributed by atoms with van der Waals surface area (Å²) in [5.41, 5.74) is 0.911. The molecule has 2 heterocycles. The van der Waals surface area contributed by atoms with E-state index in [0.29, 0.717) is 17.7 Å². The number of aromatic nitrogens is 5. The van der Waals surface area contributed by atoms with Crippen molar-refractivity contribution in [3.63, 3.8) is 0 Å². The number of aryl methyl sites for hydroxylation is 1. The van der Waals surface area contributed by atoms with Crippen LogP contribution in [0.15, 0.2) is 12.4 Å². The van der Waals surface area contributed by atoms with Crippen molar-refractivity contribution in [3.8, 4) is 11.4 Å². The van der Waals surface area contributed by atoms with Gasteiger partial charge in [-0.05, 0) is 12.8 Å². The van der Waals surface area contributed by atoms with Gasteiger partial charge in [-0.3, -0.25) is 4.68 Å². The molecule has 2 aromatic rings. The average molecular weight is 289 g/mol. The van der Waals surface area contributed by atoms with Crippen LogP contribution in [0.3, 0.4) is 0 Å². The fraction of sp³-hybridized carbons (Fsp3) is 0.571. The van der Waals surface area contributed by atoms with Gasteiger partial charge in [-0.1, -0.05) is 13.8 Å². The van der Waals surface area contributed by atoms with Crippen molar-refractivity contribution in [2.45, 2.75) is 33.2 Å². The fourth-order valence-corrected chi connectivity index (χ4v) is 1.84. The average Bonchev–Trinajstić information content (AvgIpc) is 2.94. The molecule has 2 aromatic heterocycles. The highest BCUT2D eigenvalue weighted by atomic mass is 15.3. The molecule has 0 aliphatic heterocycles. The Morgan fingerprint density at radius 1 is 1.14 bits per heavy atom. The fourth-order valence-electron chi connectivity index (χ4n) is 1.84. The van der Waals surface area contributed by atoms with Crippen molar-refractivity contribution in [2.24, 2.45) is 0 Å². The molecule has 0 bridgehead atoms. The van der Waals surface area contributed by atoms with Gasteiger partial charge >= 0.3 is 0 Å². The van der Waals surface area contributed by atoms with E-state index in [-0.39, 0.29) is 0 Å². The van der Waals surface area contributed by atoms with Crippen LogP contribution in [-0.4, -0.2) is 45.4 Å². The maximum Gasteiger partial charge on any atom is 0.230 e. The molecular weight excluding hydrogens is 266 g/mol. The molecule has 1 N–H and O–H groups in total. The monoisotopic (exact) mass is 289 g/mol. The quantitative estimate of drug-likeness (QED) is 0.841. The Balaban J connectivity index is 2.33. The molecule has 0 atom stereocenters. The van der Waals surface area contributed by atoms with Gasteiger partial charge in [-0.25, -0.2) is 0 Å². The molecule has 0 saturated carbocycles. The minimum atomic E-state index is 0.605. The third kappa shape index (κ3) is 3.90.